The first-order valence-electron chi connectivity index (χ1n) is 7.81. The molecule has 0 radical (unpaired) electrons. The minimum atomic E-state index is -0.378. The molecule has 0 fully saturated rings. The zero-order valence-electron chi connectivity index (χ0n) is 13.6. The van der Waals surface area contributed by atoms with Gasteiger partial charge in [0.2, 0.25) is 5.88 Å². The first-order valence-corrected chi connectivity index (χ1v) is 8.80. The average molecular weight is 358 g/mol. The molecule has 0 aliphatic heterocycles. The Morgan fingerprint density at radius 2 is 1.84 bits per heavy atom. The molecule has 3 aromatic rings. The molecule has 0 saturated carbocycles. The molecule has 0 spiro atoms. The molecule has 3 rings (SSSR count). The van der Waals surface area contributed by atoms with Gasteiger partial charge in [0, 0.05) is 23.6 Å². The topological polar surface area (TPSA) is 35.0 Å². The lowest BCUT2D eigenvalue weighted by Crippen LogP contribution is -1.98. The summed E-state index contributed by atoms with van der Waals surface area (Å²) in [5, 5.41) is 0.494. The molecule has 1 aromatic heterocycles. The molecule has 128 valence electrons. The van der Waals surface area contributed by atoms with Gasteiger partial charge in [-0.25, -0.2) is 13.8 Å². The highest BCUT2D eigenvalue weighted by Gasteiger charge is 2.09. The summed E-state index contributed by atoms with van der Waals surface area (Å²) < 4.78 is 32.7. The van der Waals surface area contributed by atoms with Crippen molar-refractivity contribution in [3.8, 4) is 11.6 Å². The maximum atomic E-state index is 13.7. The SMILES string of the molecule is CCc1cc(Oc2cccc(F)c2)nc(SCc2ccccc2F)n1. The van der Waals surface area contributed by atoms with Crippen molar-refractivity contribution in [3.63, 3.8) is 0 Å². The van der Waals surface area contributed by atoms with Crippen molar-refractivity contribution < 1.29 is 13.5 Å². The zero-order valence-corrected chi connectivity index (χ0v) is 14.4. The summed E-state index contributed by atoms with van der Waals surface area (Å²) in [7, 11) is 0. The standard InChI is InChI=1S/C19H16F2N2OS/c1-2-15-11-18(24-16-8-5-7-14(20)10-16)23-19(22-15)25-12-13-6-3-4-9-17(13)21/h3-11H,2,12H2,1H3. The van der Waals surface area contributed by atoms with Crippen LogP contribution in [0.1, 0.15) is 18.2 Å². The highest BCUT2D eigenvalue weighted by atomic mass is 32.2. The van der Waals surface area contributed by atoms with Crippen LogP contribution >= 0.6 is 11.8 Å². The number of aryl methyl sites for hydroxylation is 1. The van der Waals surface area contributed by atoms with E-state index in [9.17, 15) is 8.78 Å². The average Bonchev–Trinajstić information content (AvgIpc) is 2.61. The summed E-state index contributed by atoms with van der Waals surface area (Å²) in [6.07, 6.45) is 0.704. The fraction of sp³-hybridized carbons (Fsp3) is 0.158. The Kier molecular flexibility index (Phi) is 5.60. The van der Waals surface area contributed by atoms with E-state index < -0.39 is 0 Å². The molecule has 1 heterocycles. The van der Waals surface area contributed by atoms with Crippen molar-refractivity contribution in [2.45, 2.75) is 24.3 Å². The number of hydrogen-bond donors (Lipinski definition) is 0. The molecule has 25 heavy (non-hydrogen) atoms. The van der Waals surface area contributed by atoms with Gasteiger partial charge in [0.25, 0.3) is 0 Å². The highest BCUT2D eigenvalue weighted by molar-refractivity contribution is 7.98. The van der Waals surface area contributed by atoms with E-state index in [1.807, 2.05) is 6.92 Å². The number of thioether (sulfide) groups is 1. The predicted octanol–water partition coefficient (Wildman–Crippen LogP) is 5.40. The third-order valence-corrected chi connectivity index (χ3v) is 4.33. The monoisotopic (exact) mass is 358 g/mol. The largest absolute Gasteiger partial charge is 0.439 e. The van der Waals surface area contributed by atoms with Crippen molar-refractivity contribution in [1.29, 1.82) is 0 Å². The maximum Gasteiger partial charge on any atom is 0.223 e. The van der Waals surface area contributed by atoms with Gasteiger partial charge < -0.3 is 4.74 Å². The van der Waals surface area contributed by atoms with E-state index in [4.69, 9.17) is 4.74 Å². The Labute approximate surface area is 149 Å². The number of halogens is 2. The van der Waals surface area contributed by atoms with Crippen LogP contribution in [0, 0.1) is 11.6 Å². The predicted molar refractivity (Wildman–Crippen MR) is 93.8 cm³/mol. The van der Waals surface area contributed by atoms with Gasteiger partial charge in [-0.1, -0.05) is 43.0 Å². The van der Waals surface area contributed by atoms with Gasteiger partial charge in [0.05, 0.1) is 0 Å². The van der Waals surface area contributed by atoms with Crippen molar-refractivity contribution in [3.05, 3.63) is 77.5 Å². The highest BCUT2D eigenvalue weighted by Crippen LogP contribution is 2.26. The summed E-state index contributed by atoms with van der Waals surface area (Å²) >= 11 is 1.33. The number of nitrogens with zero attached hydrogens (tertiary/aromatic N) is 2. The molecule has 0 bridgehead atoms. The molecule has 0 unspecified atom stereocenters. The van der Waals surface area contributed by atoms with E-state index in [-0.39, 0.29) is 11.6 Å². The summed E-state index contributed by atoms with van der Waals surface area (Å²) in [6, 6.07) is 14.2. The van der Waals surface area contributed by atoms with Gasteiger partial charge >= 0.3 is 0 Å². The smallest absolute Gasteiger partial charge is 0.223 e. The van der Waals surface area contributed by atoms with Crippen molar-refractivity contribution >= 4 is 11.8 Å². The van der Waals surface area contributed by atoms with E-state index in [1.54, 1.807) is 36.4 Å². The first-order chi connectivity index (χ1) is 12.1. The van der Waals surface area contributed by atoms with E-state index in [2.05, 4.69) is 9.97 Å². The zero-order chi connectivity index (χ0) is 17.6. The normalized spacial score (nSPS) is 10.7. The number of benzene rings is 2. The molecule has 0 aliphatic rings. The van der Waals surface area contributed by atoms with Crippen molar-refractivity contribution in [2.75, 3.05) is 0 Å². The Morgan fingerprint density at radius 1 is 1.00 bits per heavy atom. The van der Waals surface area contributed by atoms with Gasteiger partial charge in [0.15, 0.2) is 5.16 Å². The summed E-state index contributed by atoms with van der Waals surface area (Å²) in [5.74, 6) is 0.493. The molecule has 0 amide bonds. The molecule has 0 saturated heterocycles. The number of ether oxygens (including phenoxy) is 1. The third kappa shape index (κ3) is 4.76. The first kappa shape index (κ1) is 17.4. The lowest BCUT2D eigenvalue weighted by molar-refractivity contribution is 0.449. The van der Waals surface area contributed by atoms with E-state index in [1.165, 1.54) is 30.0 Å². The molecule has 3 nitrogen and oxygen atoms in total. The van der Waals surface area contributed by atoms with Gasteiger partial charge in [-0.05, 0) is 30.2 Å². The summed E-state index contributed by atoms with van der Waals surface area (Å²) in [4.78, 5) is 8.77. The number of aromatic nitrogens is 2. The third-order valence-electron chi connectivity index (χ3n) is 3.43. The van der Waals surface area contributed by atoms with E-state index in [0.717, 1.165) is 5.69 Å². The fourth-order valence-corrected chi connectivity index (χ4v) is 3.01. The van der Waals surface area contributed by atoms with Crippen LogP contribution in [0.4, 0.5) is 8.78 Å². The van der Waals surface area contributed by atoms with E-state index >= 15 is 0 Å². The van der Waals surface area contributed by atoms with Crippen LogP contribution in [0.5, 0.6) is 11.6 Å². The molecular formula is C19H16F2N2OS. The molecule has 6 heteroatoms. The van der Waals surface area contributed by atoms with Crippen LogP contribution in [-0.2, 0) is 12.2 Å². The molecule has 2 aromatic carbocycles. The van der Waals surface area contributed by atoms with Gasteiger partial charge in [-0.15, -0.1) is 0 Å². The maximum absolute atomic E-state index is 13.7. The second-order valence-electron chi connectivity index (χ2n) is 5.27. The Morgan fingerprint density at radius 3 is 2.60 bits per heavy atom. The lowest BCUT2D eigenvalue weighted by Gasteiger charge is -2.09. The molecule has 0 aliphatic carbocycles. The van der Waals surface area contributed by atoms with Crippen LogP contribution in [0.15, 0.2) is 59.8 Å². The molecule has 0 N–H and O–H groups in total. The summed E-state index contributed by atoms with van der Waals surface area (Å²) in [5.41, 5.74) is 1.39. The van der Waals surface area contributed by atoms with Crippen LogP contribution in [0.25, 0.3) is 0 Å². The Bertz CT molecular complexity index is 874. The number of rotatable bonds is 6. The second kappa shape index (κ2) is 8.07. The van der Waals surface area contributed by atoms with Gasteiger partial charge in [-0.2, -0.15) is 4.98 Å². The van der Waals surface area contributed by atoms with Gasteiger partial charge in [0.1, 0.15) is 17.4 Å². The Balaban J connectivity index is 1.79. The van der Waals surface area contributed by atoms with Crippen LogP contribution in [0.2, 0.25) is 0 Å². The molecule has 0 atom stereocenters. The van der Waals surface area contributed by atoms with Crippen LogP contribution in [0.3, 0.4) is 0 Å². The van der Waals surface area contributed by atoms with Gasteiger partial charge in [-0.3, -0.25) is 0 Å². The quantitative estimate of drug-likeness (QED) is 0.436. The molecular weight excluding hydrogens is 342 g/mol. The fourth-order valence-electron chi connectivity index (χ4n) is 2.16. The minimum Gasteiger partial charge on any atom is -0.439 e. The Hall–Kier alpha value is -2.47. The van der Waals surface area contributed by atoms with Crippen molar-refractivity contribution in [1.82, 2.24) is 9.97 Å². The van der Waals surface area contributed by atoms with Crippen molar-refractivity contribution in [2.24, 2.45) is 0 Å². The second-order valence-corrected chi connectivity index (χ2v) is 6.22. The van der Waals surface area contributed by atoms with E-state index in [0.29, 0.717) is 34.5 Å². The minimum absolute atomic E-state index is 0.252. The number of hydrogen-bond acceptors (Lipinski definition) is 4. The lowest BCUT2D eigenvalue weighted by atomic mass is 10.2. The van der Waals surface area contributed by atoms with Crippen LogP contribution in [-0.4, -0.2) is 9.97 Å². The van der Waals surface area contributed by atoms with Crippen LogP contribution < -0.4 is 4.74 Å². The summed E-state index contributed by atoms with van der Waals surface area (Å²) in [6.45, 7) is 1.97.